The Labute approximate surface area is 396 Å². The summed E-state index contributed by atoms with van der Waals surface area (Å²) in [6.07, 6.45) is 0. The van der Waals surface area contributed by atoms with E-state index < -0.39 is 11.1 Å². The maximum Gasteiger partial charge on any atom is 0.218 e. The minimum absolute atomic E-state index is 0.702. The summed E-state index contributed by atoms with van der Waals surface area (Å²) in [5.41, 5.74) is 5.02. The van der Waals surface area contributed by atoms with Crippen LogP contribution in [0.4, 0.5) is 0 Å². The molecule has 0 unspecified atom stereocenters. The first-order valence-electron chi connectivity index (χ1n) is 26.6. The molecule has 0 saturated heterocycles. The van der Waals surface area contributed by atoms with Crippen molar-refractivity contribution in [2.45, 2.75) is 11.1 Å². The van der Waals surface area contributed by atoms with Gasteiger partial charge in [0.1, 0.15) is 0 Å². The second-order valence-corrected chi connectivity index (χ2v) is 25.7. The fourth-order valence-electron chi connectivity index (χ4n) is 24.9. The van der Waals surface area contributed by atoms with Crippen molar-refractivity contribution in [1.82, 2.24) is 0 Å². The van der Waals surface area contributed by atoms with Crippen LogP contribution in [0.5, 0.6) is 11.5 Å². The Hall–Kier alpha value is -9.25. The molecular formula is C69H9NO3. The molecule has 0 radical (unpaired) electrons. The van der Waals surface area contributed by atoms with Crippen LogP contribution in [0.2, 0.25) is 0 Å². The minimum Gasteiger partial charge on any atom is -0.493 e. The first-order valence-corrected chi connectivity index (χ1v) is 26.6. The van der Waals surface area contributed by atoms with Crippen LogP contribution in [0.15, 0.2) is 23.2 Å². The van der Waals surface area contributed by atoms with Gasteiger partial charge in [-0.3, -0.25) is 0 Å². The van der Waals surface area contributed by atoms with Crippen LogP contribution in [-0.4, -0.2) is 20.1 Å². The maximum atomic E-state index is 8.56. The highest BCUT2D eigenvalue weighted by molar-refractivity contribution is 6.82. The van der Waals surface area contributed by atoms with Gasteiger partial charge < -0.3 is 14.2 Å². The summed E-state index contributed by atoms with van der Waals surface area (Å²) >= 11 is 0. The summed E-state index contributed by atoms with van der Waals surface area (Å²) in [4.78, 5) is 6.58. The van der Waals surface area contributed by atoms with Gasteiger partial charge >= 0.3 is 0 Å². The Kier molecular flexibility index (Phi) is 2.34. The van der Waals surface area contributed by atoms with E-state index in [4.69, 9.17) is 19.2 Å². The highest BCUT2D eigenvalue weighted by atomic mass is 16.5. The molecule has 2 spiro atoms. The first kappa shape index (κ1) is 27.4. The van der Waals surface area contributed by atoms with Gasteiger partial charge in [0.05, 0.1) is 14.2 Å². The molecule has 0 bridgehead atoms. The van der Waals surface area contributed by atoms with Crippen LogP contribution in [0, 0.1) is 0 Å². The fourth-order valence-corrected chi connectivity index (χ4v) is 24.9. The predicted molar refractivity (Wildman–Crippen MR) is 301 cm³/mol. The quantitative estimate of drug-likeness (QED) is 0.166. The summed E-state index contributed by atoms with van der Waals surface area (Å²) < 4.78 is 20.6. The molecule has 4 nitrogen and oxygen atoms in total. The van der Waals surface area contributed by atoms with Crippen molar-refractivity contribution in [3.05, 3.63) is 46.0 Å². The van der Waals surface area contributed by atoms with E-state index >= 15 is 0 Å². The standard InChI is InChI=1S/C69H9NO3/c1-71-7-4-3-6(5-8(7)72-2)67-70-68-63-55-47-37-27-19-11-9-10-13-17-15(11)23-31-25(17)35-29-21(13)22-14(10)18-16-12(9)20(19)28-34-24(16)32-26(18)36-30(22)40-39(29)51-45(35)53-43(31)49(41(47)33(23)27)57(63)59(53)65-61(51)62-52(40)46(36)54-44(32)50-42(34)48(38(28)37)56(55)64(68)58(50)60(54)66(62)69(65,68)73-67/h3-5H,1-2H3. The number of aliphatic imine (C=N–C) groups is 1. The Bertz CT molecular complexity index is 7400. The molecule has 1 heterocycles. The summed E-state index contributed by atoms with van der Waals surface area (Å²) in [7, 11) is 3.49. The van der Waals surface area contributed by atoms with E-state index in [-0.39, 0.29) is 0 Å². The molecule has 0 amide bonds. The van der Waals surface area contributed by atoms with E-state index in [2.05, 4.69) is 18.2 Å². The normalized spacial score (nSPS) is 21.9. The van der Waals surface area contributed by atoms with Gasteiger partial charge in [0.2, 0.25) is 5.90 Å². The largest absolute Gasteiger partial charge is 0.493 e. The first-order chi connectivity index (χ1) is 36.3. The van der Waals surface area contributed by atoms with Crippen LogP contribution in [0.25, 0.3) is 291 Å². The summed E-state index contributed by atoms with van der Waals surface area (Å²) in [6, 6.07) is 6.38. The molecule has 5 aliphatic rings. The zero-order chi connectivity index (χ0) is 43.7. The van der Waals surface area contributed by atoms with Crippen LogP contribution in [0.3, 0.4) is 0 Å². The number of hydrogen-bond acceptors (Lipinski definition) is 4. The van der Waals surface area contributed by atoms with Crippen molar-refractivity contribution in [2.24, 2.45) is 4.99 Å². The number of hydrogen-bond donors (Lipinski definition) is 0. The van der Waals surface area contributed by atoms with Crippen molar-refractivity contribution in [3.63, 3.8) is 0 Å². The monoisotopic (exact) mass is 899 g/mol. The highest BCUT2D eigenvalue weighted by Gasteiger charge is 2.75. The molecule has 4 heteroatoms. The van der Waals surface area contributed by atoms with Gasteiger partial charge in [0.15, 0.2) is 22.6 Å². The topological polar surface area (TPSA) is 40.0 Å². The lowest BCUT2D eigenvalue weighted by Crippen LogP contribution is -2.49. The molecule has 0 atom stereocenters. The maximum absolute atomic E-state index is 8.56. The lowest BCUT2D eigenvalue weighted by molar-refractivity contribution is 0.0712. The summed E-state index contributed by atoms with van der Waals surface area (Å²) in [5.74, 6) is 2.15. The highest BCUT2D eigenvalue weighted by Crippen LogP contribution is 2.85. The van der Waals surface area contributed by atoms with Crippen LogP contribution in [0.1, 0.15) is 27.8 Å². The summed E-state index contributed by atoms with van der Waals surface area (Å²) in [5, 5.41) is 85.1. The third-order valence-electron chi connectivity index (χ3n) is 25.3. The zero-order valence-corrected chi connectivity index (χ0v) is 37.4. The molecule has 1 aliphatic heterocycles. The number of methoxy groups -OCH3 is 2. The molecule has 4 aliphatic carbocycles. The van der Waals surface area contributed by atoms with E-state index in [0.29, 0.717) is 5.75 Å². The molecule has 0 fully saturated rings. The van der Waals surface area contributed by atoms with E-state index in [1.54, 1.807) is 262 Å². The second kappa shape index (κ2) is 6.24. The van der Waals surface area contributed by atoms with Gasteiger partial charge in [-0.15, -0.1) is 0 Å². The molecule has 73 heavy (non-hydrogen) atoms. The van der Waals surface area contributed by atoms with Crippen molar-refractivity contribution < 1.29 is 14.2 Å². The Morgan fingerprint density at radius 3 is 0.726 bits per heavy atom. The molecule has 0 saturated carbocycles. The van der Waals surface area contributed by atoms with Gasteiger partial charge in [0.25, 0.3) is 0 Å². The Morgan fingerprint density at radius 1 is 0.274 bits per heavy atom. The fraction of sp³-hybridized carbons (Fsp3) is 0.0580. The van der Waals surface area contributed by atoms with Crippen molar-refractivity contribution >= 4 is 297 Å². The summed E-state index contributed by atoms with van der Waals surface area (Å²) in [6.45, 7) is 0. The van der Waals surface area contributed by atoms with Crippen LogP contribution in [-0.2, 0) is 15.9 Å². The van der Waals surface area contributed by atoms with E-state index in [0.717, 1.165) is 17.2 Å². The molecule has 34 rings (SSSR count). The molecule has 29 aromatic rings. The minimum atomic E-state index is -0.916. The van der Waals surface area contributed by atoms with Crippen LogP contribution < -0.4 is 9.47 Å². The third kappa shape index (κ3) is 1.49. The van der Waals surface area contributed by atoms with Gasteiger partial charge in [0, 0.05) is 27.8 Å². The lowest BCUT2D eigenvalue weighted by atomic mass is 9.60. The smallest absolute Gasteiger partial charge is 0.218 e. The van der Waals surface area contributed by atoms with Gasteiger partial charge in [-0.2, -0.15) is 0 Å². The van der Waals surface area contributed by atoms with E-state index in [1.807, 2.05) is 0 Å². The second-order valence-electron chi connectivity index (χ2n) is 25.7. The molecule has 308 valence electrons. The van der Waals surface area contributed by atoms with Crippen molar-refractivity contribution in [1.29, 1.82) is 0 Å². The SMILES string of the molecule is COc1ccc(C2=NC34c5c6c7c8c9c%10c(c%11c%12c3c3c5c5c%13c6c6c7c7c9c9c%14c%10c%10c%11c%11c%12c%12c3c3c5c5c%13c%13c6c6c7c9c7c9c%14c%10c%10c%11c%11c%12c3c3c5c5c%13c6c7c6c9c%10c%11c3c56)C84O2)cc1OC. The Morgan fingerprint density at radius 2 is 0.493 bits per heavy atom. The molecule has 29 aromatic carbocycles. The predicted octanol–water partition coefficient (Wildman–Crippen LogP) is 17.7. The van der Waals surface area contributed by atoms with E-state index in [9.17, 15) is 0 Å². The average molecular weight is 900 g/mol. The average Bonchev–Trinajstić information content (AvgIpc) is 3.66. The number of rotatable bonds is 3. The van der Waals surface area contributed by atoms with Gasteiger partial charge in [-0.05, 0) is 309 Å². The van der Waals surface area contributed by atoms with E-state index in [1.165, 1.54) is 65.3 Å². The molecule has 0 aromatic heterocycles. The number of nitrogens with zero attached hydrogens (tertiary/aromatic N) is 1. The number of benzene rings is 19. The van der Waals surface area contributed by atoms with Crippen LogP contribution >= 0.6 is 0 Å². The number of ether oxygens (including phenoxy) is 3. The van der Waals surface area contributed by atoms with Gasteiger partial charge in [-0.1, -0.05) is 0 Å². The van der Waals surface area contributed by atoms with Crippen molar-refractivity contribution in [2.75, 3.05) is 14.2 Å². The molecule has 0 N–H and O–H groups in total. The van der Waals surface area contributed by atoms with Crippen molar-refractivity contribution in [3.8, 4) is 11.5 Å². The zero-order valence-electron chi connectivity index (χ0n) is 37.4. The Balaban J connectivity index is 1.11. The lowest BCUT2D eigenvalue weighted by Gasteiger charge is -2.46. The molecular weight excluding hydrogens is 891 g/mol. The van der Waals surface area contributed by atoms with Gasteiger partial charge in [-0.25, -0.2) is 4.99 Å². The third-order valence-corrected chi connectivity index (χ3v) is 25.3.